The number of piperidine rings is 2. The van der Waals surface area contributed by atoms with E-state index < -0.39 is 24.1 Å². The van der Waals surface area contributed by atoms with Crippen LogP contribution in [0, 0.1) is 0 Å². The lowest BCUT2D eigenvalue weighted by molar-refractivity contribution is 0.0129. The molecule has 11 heteroatoms. The van der Waals surface area contributed by atoms with Gasteiger partial charge in [0.1, 0.15) is 11.1 Å². The molecule has 5 N–H and O–H groups in total. The normalized spacial score (nSPS) is 18.1. The third-order valence-corrected chi connectivity index (χ3v) is 7.29. The summed E-state index contributed by atoms with van der Waals surface area (Å²) < 4.78 is 5.64. The van der Waals surface area contributed by atoms with Crippen LogP contribution >= 0.6 is 11.3 Å². The molecule has 0 bridgehead atoms. The Morgan fingerprint density at radius 1 is 0.971 bits per heavy atom. The molecule has 0 saturated carbocycles. The average molecular weight is 500 g/mol. The van der Waals surface area contributed by atoms with Crippen LogP contribution in [0.15, 0.2) is 30.3 Å². The number of thiophene rings is 1. The summed E-state index contributed by atoms with van der Waals surface area (Å²) in [5.74, 6) is -0.650. The maximum atomic E-state index is 13.0. The van der Waals surface area contributed by atoms with Gasteiger partial charge >= 0.3 is 18.0 Å². The molecule has 0 radical (unpaired) electrons. The number of likely N-dealkylation sites (tertiary alicyclic amines) is 2. The Bertz CT molecular complexity index is 1130. The number of esters is 1. The summed E-state index contributed by atoms with van der Waals surface area (Å²) >= 11 is 1.17. The minimum atomic E-state index is -0.806. The number of anilines is 1. The monoisotopic (exact) mass is 499 g/mol. The fraction of sp³-hybridized carbons (Fsp3) is 0.417. The third kappa shape index (κ3) is 5.91. The summed E-state index contributed by atoms with van der Waals surface area (Å²) in [6, 6.07) is 7.46. The lowest BCUT2D eigenvalue weighted by Gasteiger charge is -2.31. The molecule has 186 valence electrons. The van der Waals surface area contributed by atoms with E-state index in [4.69, 9.17) is 16.2 Å². The predicted molar refractivity (Wildman–Crippen MR) is 132 cm³/mol. The van der Waals surface area contributed by atoms with Gasteiger partial charge in [-0.05, 0) is 55.9 Å². The first-order valence-electron chi connectivity index (χ1n) is 11.7. The number of rotatable bonds is 5. The minimum Gasteiger partial charge on any atom is -0.457 e. The molecule has 1 atom stereocenters. The quantitative estimate of drug-likeness (QED) is 0.540. The Morgan fingerprint density at radius 2 is 1.71 bits per heavy atom. The number of amides is 5. The molecular formula is C24H29N5O5S. The number of primary amides is 2. The van der Waals surface area contributed by atoms with Crippen LogP contribution in [0.2, 0.25) is 0 Å². The molecule has 1 aromatic heterocycles. The van der Waals surface area contributed by atoms with Crippen molar-refractivity contribution in [1.82, 2.24) is 9.80 Å². The first-order chi connectivity index (χ1) is 16.8. The number of carbonyl (C=O) groups excluding carboxylic acids is 4. The second-order valence-electron chi connectivity index (χ2n) is 8.73. The Morgan fingerprint density at radius 3 is 2.43 bits per heavy atom. The first kappa shape index (κ1) is 24.5. The molecule has 0 aliphatic carbocycles. The van der Waals surface area contributed by atoms with E-state index in [0.717, 1.165) is 37.9 Å². The SMILES string of the molecule is NC(=O)Nc1sc(-c2cccc(C(=O)N3CCCCC3)c2)cc1C(=O)OC1CCCN(C(N)=O)C1. The average Bonchev–Trinajstić information content (AvgIpc) is 3.27. The molecule has 35 heavy (non-hydrogen) atoms. The van der Waals surface area contributed by atoms with Crippen molar-refractivity contribution in [3.05, 3.63) is 41.5 Å². The third-order valence-electron chi connectivity index (χ3n) is 6.19. The topological polar surface area (TPSA) is 148 Å². The fourth-order valence-corrected chi connectivity index (χ4v) is 5.47. The van der Waals surface area contributed by atoms with E-state index in [1.54, 1.807) is 24.3 Å². The van der Waals surface area contributed by atoms with Gasteiger partial charge in [0.25, 0.3) is 5.91 Å². The predicted octanol–water partition coefficient (Wildman–Crippen LogP) is 3.23. The summed E-state index contributed by atoms with van der Waals surface area (Å²) in [5, 5.41) is 2.75. The zero-order valence-corrected chi connectivity index (χ0v) is 20.1. The number of nitrogens with two attached hydrogens (primary N) is 2. The summed E-state index contributed by atoms with van der Waals surface area (Å²) in [4.78, 5) is 53.0. The van der Waals surface area contributed by atoms with Crippen molar-refractivity contribution in [3.63, 3.8) is 0 Å². The van der Waals surface area contributed by atoms with Crippen molar-refractivity contribution >= 4 is 40.3 Å². The zero-order chi connectivity index (χ0) is 24.9. The molecule has 2 fully saturated rings. The van der Waals surface area contributed by atoms with E-state index in [-0.39, 0.29) is 23.0 Å². The van der Waals surface area contributed by atoms with E-state index in [1.165, 1.54) is 16.2 Å². The van der Waals surface area contributed by atoms with Crippen LogP contribution in [0.4, 0.5) is 14.6 Å². The summed E-state index contributed by atoms with van der Waals surface area (Å²) in [5.41, 5.74) is 12.1. The lowest BCUT2D eigenvalue weighted by Crippen LogP contribution is -2.46. The highest BCUT2D eigenvalue weighted by molar-refractivity contribution is 7.20. The van der Waals surface area contributed by atoms with Gasteiger partial charge in [-0.25, -0.2) is 14.4 Å². The van der Waals surface area contributed by atoms with E-state index in [9.17, 15) is 19.2 Å². The fourth-order valence-electron chi connectivity index (χ4n) is 4.42. The number of ether oxygens (including phenoxy) is 1. The van der Waals surface area contributed by atoms with Crippen LogP contribution in [0.3, 0.4) is 0 Å². The van der Waals surface area contributed by atoms with Crippen molar-refractivity contribution in [2.45, 2.75) is 38.2 Å². The largest absolute Gasteiger partial charge is 0.457 e. The van der Waals surface area contributed by atoms with Gasteiger partial charge in [0.05, 0.1) is 12.1 Å². The second kappa shape index (κ2) is 10.8. The van der Waals surface area contributed by atoms with Gasteiger partial charge < -0.3 is 26.0 Å². The highest BCUT2D eigenvalue weighted by Gasteiger charge is 2.28. The minimum absolute atomic E-state index is 0.0190. The highest BCUT2D eigenvalue weighted by atomic mass is 32.1. The molecule has 4 rings (SSSR count). The van der Waals surface area contributed by atoms with Gasteiger partial charge in [0.15, 0.2) is 0 Å². The van der Waals surface area contributed by atoms with Crippen LogP contribution < -0.4 is 16.8 Å². The van der Waals surface area contributed by atoms with Crippen molar-refractivity contribution in [3.8, 4) is 10.4 Å². The number of carbonyl (C=O) groups is 4. The van der Waals surface area contributed by atoms with Crippen LogP contribution in [-0.2, 0) is 4.74 Å². The number of hydrogen-bond acceptors (Lipinski definition) is 6. The standard InChI is InChI=1S/C24H29N5O5S/c25-23(32)27-20-18(22(31)34-17-8-5-11-29(14-17)24(26)33)13-19(35-20)15-6-4-7-16(12-15)21(30)28-9-2-1-3-10-28/h4,6-7,12-13,17H,1-3,5,8-11,14H2,(H2,26,33)(H3,25,27,32). The lowest BCUT2D eigenvalue weighted by atomic mass is 10.1. The Labute approximate surface area is 207 Å². The smallest absolute Gasteiger partial charge is 0.341 e. The maximum absolute atomic E-state index is 13.0. The Hall–Kier alpha value is -3.60. The summed E-state index contributed by atoms with van der Waals surface area (Å²) in [6.45, 7) is 2.24. The van der Waals surface area contributed by atoms with Crippen molar-refractivity contribution < 1.29 is 23.9 Å². The number of hydrogen-bond donors (Lipinski definition) is 3. The molecule has 0 spiro atoms. The summed E-state index contributed by atoms with van der Waals surface area (Å²) in [7, 11) is 0. The number of benzene rings is 1. The van der Waals surface area contributed by atoms with E-state index in [0.29, 0.717) is 29.8 Å². The second-order valence-corrected chi connectivity index (χ2v) is 9.78. The van der Waals surface area contributed by atoms with E-state index in [2.05, 4.69) is 5.32 Å². The molecule has 2 aliphatic rings. The molecule has 5 amide bonds. The van der Waals surface area contributed by atoms with Gasteiger partial charge in [-0.15, -0.1) is 11.3 Å². The van der Waals surface area contributed by atoms with Crippen molar-refractivity contribution in [2.75, 3.05) is 31.5 Å². The zero-order valence-electron chi connectivity index (χ0n) is 19.3. The van der Waals surface area contributed by atoms with Gasteiger partial charge in [0.2, 0.25) is 0 Å². The van der Waals surface area contributed by atoms with Gasteiger partial charge in [-0.2, -0.15) is 0 Å². The number of nitrogens with zero attached hydrogens (tertiary/aromatic N) is 2. The van der Waals surface area contributed by atoms with Crippen LogP contribution in [0.5, 0.6) is 0 Å². The Kier molecular flexibility index (Phi) is 7.54. The van der Waals surface area contributed by atoms with E-state index in [1.807, 2.05) is 11.0 Å². The molecule has 10 nitrogen and oxygen atoms in total. The highest BCUT2D eigenvalue weighted by Crippen LogP contribution is 2.37. The molecule has 2 aromatic rings. The number of urea groups is 2. The summed E-state index contributed by atoms with van der Waals surface area (Å²) in [6.07, 6.45) is 3.91. The number of nitrogens with one attached hydrogen (secondary N) is 1. The van der Waals surface area contributed by atoms with Gasteiger partial charge in [-0.1, -0.05) is 12.1 Å². The maximum Gasteiger partial charge on any atom is 0.341 e. The molecule has 2 saturated heterocycles. The van der Waals surface area contributed by atoms with Crippen LogP contribution in [0.1, 0.15) is 52.8 Å². The van der Waals surface area contributed by atoms with Gasteiger partial charge in [0, 0.05) is 30.1 Å². The molecule has 1 unspecified atom stereocenters. The van der Waals surface area contributed by atoms with E-state index >= 15 is 0 Å². The first-order valence-corrected chi connectivity index (χ1v) is 12.5. The van der Waals surface area contributed by atoms with Crippen molar-refractivity contribution in [2.24, 2.45) is 11.5 Å². The van der Waals surface area contributed by atoms with Crippen LogP contribution in [-0.4, -0.2) is 66.0 Å². The molecule has 1 aromatic carbocycles. The Balaban J connectivity index is 1.56. The van der Waals surface area contributed by atoms with Gasteiger partial charge in [-0.3, -0.25) is 10.1 Å². The van der Waals surface area contributed by atoms with Crippen molar-refractivity contribution in [1.29, 1.82) is 0 Å². The molecule has 3 heterocycles. The molecule has 2 aliphatic heterocycles. The molecular weight excluding hydrogens is 470 g/mol. The van der Waals surface area contributed by atoms with Crippen LogP contribution in [0.25, 0.3) is 10.4 Å².